The van der Waals surface area contributed by atoms with E-state index in [1.54, 1.807) is 54.0 Å². The Morgan fingerprint density at radius 3 is 1.68 bits per heavy atom. The van der Waals surface area contributed by atoms with Gasteiger partial charge in [-0.3, -0.25) is 28.5 Å². The van der Waals surface area contributed by atoms with Gasteiger partial charge in [0.05, 0.1) is 24.5 Å². The number of hydrogen-bond acceptors (Lipinski definition) is 8. The molecule has 57 heavy (non-hydrogen) atoms. The van der Waals surface area contributed by atoms with Gasteiger partial charge < -0.3 is 19.6 Å². The molecule has 2 amide bonds. The number of ether oxygens (including phenoxy) is 1. The largest absolute Gasteiger partial charge is 0.502 e. The molecular formula is C43H36Cl2N6O6. The van der Waals surface area contributed by atoms with E-state index in [4.69, 9.17) is 27.9 Å². The lowest BCUT2D eigenvalue weighted by Gasteiger charge is -2.38. The van der Waals surface area contributed by atoms with Crippen molar-refractivity contribution >= 4 is 35.0 Å². The fourth-order valence-electron chi connectivity index (χ4n) is 8.07. The van der Waals surface area contributed by atoms with Crippen LogP contribution in [0, 0.1) is 6.92 Å². The molecule has 0 aliphatic carbocycles. The Morgan fingerprint density at radius 1 is 0.649 bits per heavy atom. The molecule has 8 rings (SSSR count). The molecule has 1 N–H and O–H groups in total. The third-order valence-corrected chi connectivity index (χ3v) is 11.1. The van der Waals surface area contributed by atoms with Crippen LogP contribution in [0.25, 0.3) is 0 Å². The van der Waals surface area contributed by atoms with E-state index in [9.17, 15) is 24.3 Å². The molecule has 6 aromatic rings. The number of likely N-dealkylation sites (N-methyl/N-ethyl adjacent to an activating group) is 2. The molecule has 2 aromatic heterocycles. The van der Waals surface area contributed by atoms with Crippen molar-refractivity contribution in [2.45, 2.75) is 30.8 Å². The molecule has 3 unspecified atom stereocenters. The Bertz CT molecular complexity index is 2650. The highest BCUT2D eigenvalue weighted by Gasteiger charge is 2.41. The first-order chi connectivity index (χ1) is 27.4. The lowest BCUT2D eigenvalue weighted by atomic mass is 9.83. The number of carbonyl (C=O) groups excluding carboxylic acids is 2. The van der Waals surface area contributed by atoms with Crippen molar-refractivity contribution in [3.05, 3.63) is 179 Å². The van der Waals surface area contributed by atoms with Crippen molar-refractivity contribution < 1.29 is 19.4 Å². The lowest BCUT2D eigenvalue weighted by Crippen LogP contribution is -2.45. The van der Waals surface area contributed by atoms with E-state index in [0.29, 0.717) is 10.0 Å². The number of aromatic hydroxyl groups is 1. The molecule has 12 nitrogen and oxygen atoms in total. The average molecular weight is 804 g/mol. The highest BCUT2D eigenvalue weighted by molar-refractivity contribution is 6.31. The number of amides is 2. The summed E-state index contributed by atoms with van der Waals surface area (Å²) in [6.45, 7) is 2.43. The van der Waals surface area contributed by atoms with E-state index in [-0.39, 0.29) is 41.9 Å². The van der Waals surface area contributed by atoms with E-state index in [1.165, 1.54) is 9.58 Å². The number of aryl methyl sites for hydroxylation is 1. The van der Waals surface area contributed by atoms with E-state index < -0.39 is 46.4 Å². The number of nitrogens with zero attached hydrogens (tertiary/aromatic N) is 6. The van der Waals surface area contributed by atoms with E-state index >= 15 is 0 Å². The van der Waals surface area contributed by atoms with Crippen LogP contribution in [-0.4, -0.2) is 73.5 Å². The molecule has 14 heteroatoms. The Labute approximate surface area is 337 Å². The summed E-state index contributed by atoms with van der Waals surface area (Å²) in [5, 5.41) is 20.7. The van der Waals surface area contributed by atoms with Crippen molar-refractivity contribution in [3.63, 3.8) is 0 Å². The number of halogens is 2. The van der Waals surface area contributed by atoms with Gasteiger partial charge in [-0.15, -0.1) is 0 Å². The Hall–Kier alpha value is -6.24. The van der Waals surface area contributed by atoms with Crippen LogP contribution in [0.2, 0.25) is 10.0 Å². The number of rotatable bonds is 8. The third-order valence-electron chi connectivity index (χ3n) is 10.6. The van der Waals surface area contributed by atoms with Gasteiger partial charge in [0.25, 0.3) is 11.8 Å². The monoisotopic (exact) mass is 802 g/mol. The van der Waals surface area contributed by atoms with Gasteiger partial charge in [-0.2, -0.15) is 10.2 Å². The molecule has 0 saturated carbocycles. The summed E-state index contributed by atoms with van der Waals surface area (Å²) < 4.78 is 9.43. The molecule has 0 spiro atoms. The molecule has 4 heterocycles. The van der Waals surface area contributed by atoms with Gasteiger partial charge in [0, 0.05) is 49.1 Å². The summed E-state index contributed by atoms with van der Waals surface area (Å²) in [6.07, 6.45) is 2.16. The summed E-state index contributed by atoms with van der Waals surface area (Å²) in [5.74, 6) is -2.44. The number of fused-ring (bicyclic) bond motifs is 2. The second kappa shape index (κ2) is 15.0. The summed E-state index contributed by atoms with van der Waals surface area (Å²) in [7, 11) is 3.27. The van der Waals surface area contributed by atoms with Gasteiger partial charge in [-0.05, 0) is 65.6 Å². The third kappa shape index (κ3) is 6.95. The molecule has 3 atom stereocenters. The number of hydrogen-bond donors (Lipinski definition) is 1. The molecule has 4 aromatic carbocycles. The number of benzene rings is 4. The van der Waals surface area contributed by atoms with E-state index in [1.807, 2.05) is 73.7 Å². The standard InChI is InChI=1S/C43H36Cl2N6O6/c1-24-8-4-9-25(16-24)36(32-22-48(2)42(55)38-40(54)34(52)20-46-50(32)38)28-12-7-15-31(19-28)57-41-35(53)21-47-51-33(23-49(3)43(56)39(41)51)37(26-10-5-13-29(44)17-26)27-11-6-14-30(45)18-27/h4-21,32-33,36-37,54H,22-23H2,1-3H3. The number of aromatic nitrogens is 4. The maximum absolute atomic E-state index is 14.1. The highest BCUT2D eigenvalue weighted by Crippen LogP contribution is 2.43. The van der Waals surface area contributed by atoms with E-state index in [2.05, 4.69) is 10.2 Å². The average Bonchev–Trinajstić information content (AvgIpc) is 3.18. The molecule has 288 valence electrons. The normalized spacial score (nSPS) is 17.0. The van der Waals surface area contributed by atoms with Gasteiger partial charge >= 0.3 is 0 Å². The summed E-state index contributed by atoms with van der Waals surface area (Å²) in [4.78, 5) is 56.5. The zero-order valence-electron chi connectivity index (χ0n) is 31.0. The molecule has 0 radical (unpaired) electrons. The predicted molar refractivity (Wildman–Crippen MR) is 215 cm³/mol. The predicted octanol–water partition coefficient (Wildman–Crippen LogP) is 6.83. The minimum atomic E-state index is -0.757. The first kappa shape index (κ1) is 37.7. The second-order valence-electron chi connectivity index (χ2n) is 14.4. The molecular weight excluding hydrogens is 767 g/mol. The van der Waals surface area contributed by atoms with Gasteiger partial charge in [-0.25, -0.2) is 0 Å². The minimum Gasteiger partial charge on any atom is -0.502 e. The maximum Gasteiger partial charge on any atom is 0.275 e. The fourth-order valence-corrected chi connectivity index (χ4v) is 8.47. The highest BCUT2D eigenvalue weighted by atomic mass is 35.5. The molecule has 2 aliphatic rings. The quantitative estimate of drug-likeness (QED) is 0.177. The van der Waals surface area contributed by atoms with Crippen LogP contribution in [0.4, 0.5) is 0 Å². The summed E-state index contributed by atoms with van der Waals surface area (Å²) in [6, 6.07) is 28.9. The first-order valence-corrected chi connectivity index (χ1v) is 18.9. The zero-order valence-corrected chi connectivity index (χ0v) is 32.6. The Kier molecular flexibility index (Phi) is 9.92. The van der Waals surface area contributed by atoms with Crippen molar-refractivity contribution in [3.8, 4) is 17.2 Å². The SMILES string of the molecule is Cc1cccc(C(c2cccc(Oc3c4n(ncc3=O)C(C(c3cccc(Cl)c3)c3cccc(Cl)c3)CN(C)C4=O)c2)C2CN(C)C(=O)c3c(O)c(=O)cnn32)c1. The summed E-state index contributed by atoms with van der Waals surface area (Å²) >= 11 is 13.0. The van der Waals surface area contributed by atoms with Crippen LogP contribution >= 0.6 is 23.2 Å². The molecule has 0 saturated heterocycles. The zero-order chi connectivity index (χ0) is 40.1. The van der Waals surface area contributed by atoms with Crippen molar-refractivity contribution in [2.24, 2.45) is 0 Å². The smallest absolute Gasteiger partial charge is 0.275 e. The number of carbonyl (C=O) groups is 2. The van der Waals surface area contributed by atoms with E-state index in [0.717, 1.165) is 40.2 Å². The van der Waals surface area contributed by atoms with Crippen LogP contribution in [0.15, 0.2) is 119 Å². The first-order valence-electron chi connectivity index (χ1n) is 18.2. The van der Waals surface area contributed by atoms with Gasteiger partial charge in [0.2, 0.25) is 16.6 Å². The van der Waals surface area contributed by atoms with Crippen molar-refractivity contribution in [1.29, 1.82) is 0 Å². The fraction of sp³-hybridized carbons (Fsp3) is 0.209. The molecule has 0 bridgehead atoms. The summed E-state index contributed by atoms with van der Waals surface area (Å²) in [5.41, 5.74) is 2.76. The maximum atomic E-state index is 14.1. The molecule has 0 fully saturated rings. The van der Waals surface area contributed by atoms with Crippen LogP contribution in [-0.2, 0) is 0 Å². The van der Waals surface area contributed by atoms with Crippen LogP contribution < -0.4 is 15.6 Å². The van der Waals surface area contributed by atoms with Crippen molar-refractivity contribution in [1.82, 2.24) is 29.4 Å². The van der Waals surface area contributed by atoms with Gasteiger partial charge in [0.15, 0.2) is 17.1 Å². The van der Waals surface area contributed by atoms with Crippen LogP contribution in [0.5, 0.6) is 17.2 Å². The van der Waals surface area contributed by atoms with Gasteiger partial charge in [-0.1, -0.05) is 89.4 Å². The van der Waals surface area contributed by atoms with Crippen LogP contribution in [0.1, 0.15) is 72.7 Å². The minimum absolute atomic E-state index is 0.0130. The molecule has 2 aliphatic heterocycles. The topological polar surface area (TPSA) is 140 Å². The van der Waals surface area contributed by atoms with Crippen LogP contribution in [0.3, 0.4) is 0 Å². The lowest BCUT2D eigenvalue weighted by molar-refractivity contribution is 0.0679. The van der Waals surface area contributed by atoms with Gasteiger partial charge in [0.1, 0.15) is 5.75 Å². The Balaban J connectivity index is 1.25. The van der Waals surface area contributed by atoms with Crippen molar-refractivity contribution in [2.75, 3.05) is 27.2 Å². The Morgan fingerprint density at radius 2 is 1.12 bits per heavy atom. The second-order valence-corrected chi connectivity index (χ2v) is 15.3.